The van der Waals surface area contributed by atoms with Crippen molar-refractivity contribution >= 4 is 44.9 Å². The summed E-state index contributed by atoms with van der Waals surface area (Å²) in [5.74, 6) is 0.898. The fourth-order valence-corrected chi connectivity index (χ4v) is 2.33. The zero-order chi connectivity index (χ0) is 17.6. The Morgan fingerprint density at radius 2 is 1.96 bits per heavy atom. The molecule has 3 aromatic rings. The zero-order valence-electron chi connectivity index (χ0n) is 12.7. The Labute approximate surface area is 157 Å². The maximum absolute atomic E-state index is 11.8. The van der Waals surface area contributed by atoms with Gasteiger partial charge in [0, 0.05) is 22.4 Å². The molecule has 2 N–H and O–H groups in total. The van der Waals surface area contributed by atoms with E-state index in [0.717, 1.165) is 4.47 Å². The van der Waals surface area contributed by atoms with Crippen LogP contribution in [-0.4, -0.2) is 16.0 Å². The van der Waals surface area contributed by atoms with Crippen molar-refractivity contribution < 1.29 is 13.9 Å². The highest BCUT2D eigenvalue weighted by Crippen LogP contribution is 2.22. The first-order valence-electron chi connectivity index (χ1n) is 7.15. The van der Waals surface area contributed by atoms with Crippen LogP contribution < -0.4 is 15.4 Å². The van der Waals surface area contributed by atoms with Gasteiger partial charge in [-0.25, -0.2) is 4.98 Å². The molecule has 2 aromatic heterocycles. The van der Waals surface area contributed by atoms with Crippen molar-refractivity contribution in [3.8, 4) is 11.6 Å². The van der Waals surface area contributed by atoms with Crippen LogP contribution in [0.3, 0.4) is 0 Å². The standard InChI is InChI=1S/C17H12BrN3O3S/c18-11-3-8-15(19-10-11)24-13-6-4-12(5-7-13)20-17(25)21-16(22)14-2-1-9-23-14/h1-10H,(H2,20,21,22,25). The van der Waals surface area contributed by atoms with Gasteiger partial charge >= 0.3 is 0 Å². The van der Waals surface area contributed by atoms with E-state index in [0.29, 0.717) is 17.3 Å². The monoisotopic (exact) mass is 417 g/mol. The molecule has 0 aliphatic rings. The van der Waals surface area contributed by atoms with E-state index in [-0.39, 0.29) is 10.9 Å². The first-order valence-corrected chi connectivity index (χ1v) is 8.35. The van der Waals surface area contributed by atoms with Crippen LogP contribution in [0, 0.1) is 0 Å². The molecule has 3 rings (SSSR count). The van der Waals surface area contributed by atoms with Gasteiger partial charge < -0.3 is 14.5 Å². The molecule has 0 aliphatic heterocycles. The number of aromatic nitrogens is 1. The Balaban J connectivity index is 1.56. The largest absolute Gasteiger partial charge is 0.459 e. The SMILES string of the molecule is O=C(NC(=S)Nc1ccc(Oc2ccc(Br)cn2)cc1)c1ccco1. The molecule has 0 fully saturated rings. The Morgan fingerprint density at radius 3 is 2.60 bits per heavy atom. The van der Waals surface area contributed by atoms with Crippen LogP contribution in [0.15, 0.2) is 69.9 Å². The van der Waals surface area contributed by atoms with Gasteiger partial charge in [-0.15, -0.1) is 0 Å². The molecule has 1 amide bonds. The lowest BCUT2D eigenvalue weighted by Crippen LogP contribution is -2.33. The minimum Gasteiger partial charge on any atom is -0.459 e. The molecule has 0 aliphatic carbocycles. The highest BCUT2D eigenvalue weighted by atomic mass is 79.9. The van der Waals surface area contributed by atoms with E-state index in [9.17, 15) is 4.79 Å². The molecule has 0 saturated heterocycles. The third kappa shape index (κ3) is 4.88. The lowest BCUT2D eigenvalue weighted by Gasteiger charge is -2.09. The predicted molar refractivity (Wildman–Crippen MR) is 101 cm³/mol. The number of hydrogen-bond acceptors (Lipinski definition) is 5. The molecule has 8 heteroatoms. The highest BCUT2D eigenvalue weighted by molar-refractivity contribution is 9.10. The second kappa shape index (κ2) is 7.91. The number of pyridine rings is 1. The second-order valence-corrected chi connectivity index (χ2v) is 6.15. The van der Waals surface area contributed by atoms with Crippen LogP contribution in [0.5, 0.6) is 11.6 Å². The van der Waals surface area contributed by atoms with Crippen molar-refractivity contribution in [1.82, 2.24) is 10.3 Å². The smallest absolute Gasteiger partial charge is 0.293 e. The van der Waals surface area contributed by atoms with Crippen LogP contribution in [0.25, 0.3) is 0 Å². The Kier molecular flexibility index (Phi) is 5.42. The van der Waals surface area contributed by atoms with Crippen LogP contribution in [0.2, 0.25) is 0 Å². The lowest BCUT2D eigenvalue weighted by molar-refractivity contribution is 0.0950. The van der Waals surface area contributed by atoms with Crippen LogP contribution in [-0.2, 0) is 0 Å². The Bertz CT molecular complexity index is 865. The van der Waals surface area contributed by atoms with Gasteiger partial charge in [-0.1, -0.05) is 0 Å². The molecule has 0 radical (unpaired) electrons. The van der Waals surface area contributed by atoms with Crippen LogP contribution in [0.4, 0.5) is 5.69 Å². The summed E-state index contributed by atoms with van der Waals surface area (Å²) in [5.41, 5.74) is 0.709. The minimum absolute atomic E-state index is 0.171. The average Bonchev–Trinajstić information content (AvgIpc) is 3.13. The number of nitrogens with one attached hydrogen (secondary N) is 2. The van der Waals surface area contributed by atoms with Crippen molar-refractivity contribution in [3.63, 3.8) is 0 Å². The summed E-state index contributed by atoms with van der Waals surface area (Å²) >= 11 is 8.42. The van der Waals surface area contributed by atoms with Crippen molar-refractivity contribution in [2.75, 3.05) is 5.32 Å². The second-order valence-electron chi connectivity index (χ2n) is 4.83. The van der Waals surface area contributed by atoms with Crippen molar-refractivity contribution in [2.45, 2.75) is 0 Å². The van der Waals surface area contributed by atoms with E-state index in [1.807, 2.05) is 6.07 Å². The molecule has 0 saturated carbocycles. The summed E-state index contributed by atoms with van der Waals surface area (Å²) in [7, 11) is 0. The summed E-state index contributed by atoms with van der Waals surface area (Å²) in [6.45, 7) is 0. The van der Waals surface area contributed by atoms with E-state index in [2.05, 4.69) is 31.5 Å². The minimum atomic E-state index is -0.413. The molecular formula is C17H12BrN3O3S. The number of ether oxygens (including phenoxy) is 1. The van der Waals surface area contributed by atoms with Gasteiger partial charge in [0.2, 0.25) is 5.88 Å². The number of hydrogen-bond donors (Lipinski definition) is 2. The van der Waals surface area contributed by atoms with Gasteiger partial charge in [0.1, 0.15) is 5.75 Å². The molecule has 6 nitrogen and oxygen atoms in total. The quantitative estimate of drug-likeness (QED) is 0.614. The first kappa shape index (κ1) is 17.1. The molecule has 0 atom stereocenters. The average molecular weight is 418 g/mol. The molecule has 126 valence electrons. The summed E-state index contributed by atoms with van der Waals surface area (Å²) < 4.78 is 11.5. The van der Waals surface area contributed by atoms with E-state index in [1.54, 1.807) is 48.7 Å². The zero-order valence-corrected chi connectivity index (χ0v) is 15.1. The number of benzene rings is 1. The topological polar surface area (TPSA) is 76.4 Å². The van der Waals surface area contributed by atoms with Gasteiger partial charge in [-0.2, -0.15) is 0 Å². The maximum Gasteiger partial charge on any atom is 0.293 e. The molecule has 2 heterocycles. The number of anilines is 1. The molecule has 0 bridgehead atoms. The van der Waals surface area contributed by atoms with Gasteiger partial charge in [0.05, 0.1) is 6.26 Å². The number of rotatable bonds is 4. The van der Waals surface area contributed by atoms with Crippen molar-refractivity contribution in [2.24, 2.45) is 0 Å². The fraction of sp³-hybridized carbons (Fsp3) is 0. The van der Waals surface area contributed by atoms with Crippen LogP contribution in [0.1, 0.15) is 10.6 Å². The predicted octanol–water partition coefficient (Wildman–Crippen LogP) is 4.36. The summed E-state index contributed by atoms with van der Waals surface area (Å²) in [5, 5.41) is 5.62. The first-order chi connectivity index (χ1) is 12.1. The number of amides is 1. The molecule has 0 spiro atoms. The lowest BCUT2D eigenvalue weighted by atomic mass is 10.3. The van der Waals surface area contributed by atoms with E-state index in [1.165, 1.54) is 6.26 Å². The van der Waals surface area contributed by atoms with Crippen LogP contribution >= 0.6 is 28.1 Å². The maximum atomic E-state index is 11.8. The number of nitrogens with zero attached hydrogens (tertiary/aromatic N) is 1. The summed E-state index contributed by atoms with van der Waals surface area (Å²) in [6, 6.07) is 13.9. The van der Waals surface area contributed by atoms with Gasteiger partial charge in [-0.3, -0.25) is 10.1 Å². The molecular weight excluding hydrogens is 406 g/mol. The summed E-state index contributed by atoms with van der Waals surface area (Å²) in [4.78, 5) is 16.0. The number of carbonyl (C=O) groups excluding carboxylic acids is 1. The molecule has 25 heavy (non-hydrogen) atoms. The fourth-order valence-electron chi connectivity index (χ4n) is 1.88. The Morgan fingerprint density at radius 1 is 1.16 bits per heavy atom. The van der Waals surface area contributed by atoms with E-state index in [4.69, 9.17) is 21.4 Å². The van der Waals surface area contributed by atoms with Gasteiger partial charge in [0.15, 0.2) is 10.9 Å². The van der Waals surface area contributed by atoms with E-state index >= 15 is 0 Å². The van der Waals surface area contributed by atoms with Gasteiger partial charge in [0.25, 0.3) is 5.91 Å². The third-order valence-corrected chi connectivity index (χ3v) is 3.68. The molecule has 0 unspecified atom stereocenters. The van der Waals surface area contributed by atoms with E-state index < -0.39 is 5.91 Å². The molecule has 1 aromatic carbocycles. The van der Waals surface area contributed by atoms with Gasteiger partial charge in [-0.05, 0) is 70.6 Å². The highest BCUT2D eigenvalue weighted by Gasteiger charge is 2.10. The number of furan rings is 1. The third-order valence-electron chi connectivity index (χ3n) is 3.01. The summed E-state index contributed by atoms with van der Waals surface area (Å²) in [6.07, 6.45) is 3.08. The normalized spacial score (nSPS) is 10.1. The Hall–Kier alpha value is -2.71. The number of halogens is 1. The number of thiocarbonyl (C=S) groups is 1. The van der Waals surface area contributed by atoms with Crippen molar-refractivity contribution in [1.29, 1.82) is 0 Å². The van der Waals surface area contributed by atoms with Crippen molar-refractivity contribution in [3.05, 3.63) is 71.2 Å². The number of carbonyl (C=O) groups is 1.